The van der Waals surface area contributed by atoms with Gasteiger partial charge in [-0.3, -0.25) is 4.90 Å². The second-order valence-electron chi connectivity index (χ2n) is 4.74. The van der Waals surface area contributed by atoms with Crippen molar-refractivity contribution in [1.82, 2.24) is 4.90 Å². The minimum absolute atomic E-state index is 0.276. The number of likely N-dealkylation sites (N-methyl/N-ethyl adjacent to an activating group) is 1. The van der Waals surface area contributed by atoms with E-state index >= 15 is 0 Å². The van der Waals surface area contributed by atoms with Crippen molar-refractivity contribution in [2.24, 2.45) is 5.73 Å². The van der Waals surface area contributed by atoms with Gasteiger partial charge in [0.25, 0.3) is 0 Å². The van der Waals surface area contributed by atoms with Crippen molar-refractivity contribution in [3.05, 3.63) is 0 Å². The second kappa shape index (κ2) is 6.46. The van der Waals surface area contributed by atoms with Crippen LogP contribution in [0, 0.1) is 0 Å². The monoisotopic (exact) mass is 214 g/mol. The zero-order valence-corrected chi connectivity index (χ0v) is 10.4. The molecule has 2 N–H and O–H groups in total. The van der Waals surface area contributed by atoms with Crippen LogP contribution in [0.1, 0.15) is 39.5 Å². The van der Waals surface area contributed by atoms with Gasteiger partial charge in [-0.05, 0) is 39.7 Å². The van der Waals surface area contributed by atoms with Crippen LogP contribution in [0.5, 0.6) is 0 Å². The molecule has 1 fully saturated rings. The van der Waals surface area contributed by atoms with Crippen LogP contribution in [0.25, 0.3) is 0 Å². The Morgan fingerprint density at radius 1 is 1.47 bits per heavy atom. The van der Waals surface area contributed by atoms with Crippen LogP contribution < -0.4 is 5.73 Å². The third-order valence-corrected chi connectivity index (χ3v) is 3.55. The van der Waals surface area contributed by atoms with Gasteiger partial charge in [0.2, 0.25) is 0 Å². The van der Waals surface area contributed by atoms with Crippen molar-refractivity contribution >= 4 is 0 Å². The van der Waals surface area contributed by atoms with Gasteiger partial charge in [0.05, 0.1) is 6.10 Å². The largest absolute Gasteiger partial charge is 0.377 e. The highest BCUT2D eigenvalue weighted by Crippen LogP contribution is 2.15. The minimum Gasteiger partial charge on any atom is -0.377 e. The van der Waals surface area contributed by atoms with Gasteiger partial charge in [-0.25, -0.2) is 0 Å². The molecule has 90 valence electrons. The molecular formula is C12H26N2O. The Labute approximate surface area is 94.0 Å². The molecule has 1 rings (SSSR count). The summed E-state index contributed by atoms with van der Waals surface area (Å²) in [6, 6.07) is 0.721. The zero-order valence-electron chi connectivity index (χ0n) is 10.4. The number of hydrogen-bond acceptors (Lipinski definition) is 3. The molecule has 0 aromatic rings. The summed E-state index contributed by atoms with van der Waals surface area (Å²) in [5.41, 5.74) is 6.04. The second-order valence-corrected chi connectivity index (χ2v) is 4.74. The smallest absolute Gasteiger partial charge is 0.0702 e. The highest BCUT2D eigenvalue weighted by Gasteiger charge is 2.21. The summed E-state index contributed by atoms with van der Waals surface area (Å²) < 4.78 is 5.73. The molecule has 0 aromatic carbocycles. The minimum atomic E-state index is 0.276. The predicted octanol–water partition coefficient (Wildman–Crippen LogP) is 1.61. The van der Waals surface area contributed by atoms with Gasteiger partial charge in [0.15, 0.2) is 0 Å². The molecule has 3 heteroatoms. The molecule has 1 aliphatic heterocycles. The average molecular weight is 214 g/mol. The lowest BCUT2D eigenvalue weighted by Gasteiger charge is -2.33. The Bertz CT molecular complexity index is 169. The maximum absolute atomic E-state index is 6.04. The third kappa shape index (κ3) is 4.09. The molecule has 3 atom stereocenters. The van der Waals surface area contributed by atoms with Crippen molar-refractivity contribution in [1.29, 1.82) is 0 Å². The predicted molar refractivity (Wildman–Crippen MR) is 63.9 cm³/mol. The van der Waals surface area contributed by atoms with Crippen LogP contribution in [0.4, 0.5) is 0 Å². The molecule has 0 spiro atoms. The summed E-state index contributed by atoms with van der Waals surface area (Å²) in [4.78, 5) is 2.34. The Morgan fingerprint density at radius 3 is 2.73 bits per heavy atom. The molecule has 0 radical (unpaired) electrons. The molecule has 1 saturated heterocycles. The van der Waals surface area contributed by atoms with E-state index in [4.69, 9.17) is 10.5 Å². The Kier molecular flexibility index (Phi) is 5.58. The summed E-state index contributed by atoms with van der Waals surface area (Å²) in [5, 5.41) is 0. The van der Waals surface area contributed by atoms with Gasteiger partial charge < -0.3 is 10.5 Å². The van der Waals surface area contributed by atoms with E-state index in [0.717, 1.165) is 19.6 Å². The normalized spacial score (nSPS) is 26.6. The first-order chi connectivity index (χ1) is 7.15. The molecular weight excluding hydrogens is 188 g/mol. The average Bonchev–Trinajstić information content (AvgIpc) is 2.28. The quantitative estimate of drug-likeness (QED) is 0.755. The summed E-state index contributed by atoms with van der Waals surface area (Å²) >= 11 is 0. The Hall–Kier alpha value is -0.120. The Balaban J connectivity index is 2.29. The van der Waals surface area contributed by atoms with Gasteiger partial charge in [0.1, 0.15) is 0 Å². The topological polar surface area (TPSA) is 38.5 Å². The molecule has 3 unspecified atom stereocenters. The van der Waals surface area contributed by atoms with E-state index in [0.29, 0.717) is 12.1 Å². The van der Waals surface area contributed by atoms with Crippen LogP contribution in [0.15, 0.2) is 0 Å². The summed E-state index contributed by atoms with van der Waals surface area (Å²) in [6.45, 7) is 6.31. The number of rotatable bonds is 5. The third-order valence-electron chi connectivity index (χ3n) is 3.55. The standard InChI is InChI=1S/C12H26N2O/c1-4-12(13)10(2)14(3)9-11-7-5-6-8-15-11/h10-12H,4-9,13H2,1-3H3. The highest BCUT2D eigenvalue weighted by molar-refractivity contribution is 4.78. The molecule has 0 bridgehead atoms. The molecule has 3 nitrogen and oxygen atoms in total. The first-order valence-corrected chi connectivity index (χ1v) is 6.22. The highest BCUT2D eigenvalue weighted by atomic mass is 16.5. The Morgan fingerprint density at radius 2 is 2.20 bits per heavy atom. The van der Waals surface area contributed by atoms with Gasteiger partial charge in [-0.2, -0.15) is 0 Å². The fourth-order valence-electron chi connectivity index (χ4n) is 2.11. The van der Waals surface area contributed by atoms with E-state index in [1.807, 2.05) is 0 Å². The van der Waals surface area contributed by atoms with E-state index < -0.39 is 0 Å². The van der Waals surface area contributed by atoms with Crippen LogP contribution in [0.2, 0.25) is 0 Å². The van der Waals surface area contributed by atoms with E-state index in [2.05, 4.69) is 25.8 Å². The molecule has 1 aliphatic rings. The van der Waals surface area contributed by atoms with E-state index in [-0.39, 0.29) is 6.04 Å². The number of hydrogen-bond donors (Lipinski definition) is 1. The van der Waals surface area contributed by atoms with Crippen LogP contribution in [0.3, 0.4) is 0 Å². The summed E-state index contributed by atoms with van der Waals surface area (Å²) in [6.07, 6.45) is 5.21. The fraction of sp³-hybridized carbons (Fsp3) is 1.00. The number of ether oxygens (including phenoxy) is 1. The van der Waals surface area contributed by atoms with Crippen molar-refractivity contribution in [3.8, 4) is 0 Å². The molecule has 0 saturated carbocycles. The van der Waals surface area contributed by atoms with Crippen molar-refractivity contribution in [3.63, 3.8) is 0 Å². The van der Waals surface area contributed by atoms with Gasteiger partial charge in [-0.15, -0.1) is 0 Å². The molecule has 15 heavy (non-hydrogen) atoms. The number of nitrogens with zero attached hydrogens (tertiary/aromatic N) is 1. The number of nitrogens with two attached hydrogens (primary N) is 1. The van der Waals surface area contributed by atoms with Crippen LogP contribution >= 0.6 is 0 Å². The zero-order chi connectivity index (χ0) is 11.3. The molecule has 1 heterocycles. The lowest BCUT2D eigenvalue weighted by molar-refractivity contribution is -0.00867. The van der Waals surface area contributed by atoms with Gasteiger partial charge in [0, 0.05) is 25.2 Å². The summed E-state index contributed by atoms with van der Waals surface area (Å²) in [5.74, 6) is 0. The van der Waals surface area contributed by atoms with E-state index in [9.17, 15) is 0 Å². The fourth-order valence-corrected chi connectivity index (χ4v) is 2.11. The van der Waals surface area contributed by atoms with E-state index in [1.54, 1.807) is 0 Å². The van der Waals surface area contributed by atoms with Gasteiger partial charge in [-0.1, -0.05) is 6.92 Å². The van der Waals surface area contributed by atoms with Gasteiger partial charge >= 0.3 is 0 Å². The molecule has 0 aromatic heterocycles. The lowest BCUT2D eigenvalue weighted by Crippen LogP contribution is -2.47. The van der Waals surface area contributed by atoms with Crippen molar-refractivity contribution < 1.29 is 4.74 Å². The molecule has 0 amide bonds. The van der Waals surface area contributed by atoms with Crippen molar-refractivity contribution in [2.45, 2.75) is 57.7 Å². The first-order valence-electron chi connectivity index (χ1n) is 6.22. The van der Waals surface area contributed by atoms with Crippen molar-refractivity contribution in [2.75, 3.05) is 20.2 Å². The van der Waals surface area contributed by atoms with E-state index in [1.165, 1.54) is 19.3 Å². The maximum atomic E-state index is 6.04. The van der Waals surface area contributed by atoms with Crippen LogP contribution in [-0.2, 0) is 4.74 Å². The maximum Gasteiger partial charge on any atom is 0.0702 e. The van der Waals surface area contributed by atoms with Crippen LogP contribution in [-0.4, -0.2) is 43.3 Å². The lowest BCUT2D eigenvalue weighted by atomic mass is 10.0. The first kappa shape index (κ1) is 12.9. The summed E-state index contributed by atoms with van der Waals surface area (Å²) in [7, 11) is 2.15. The molecule has 0 aliphatic carbocycles. The SMILES string of the molecule is CCC(N)C(C)N(C)CC1CCCCO1.